The second kappa shape index (κ2) is 11.7. The van der Waals surface area contributed by atoms with E-state index in [1.807, 2.05) is 78.2 Å². The summed E-state index contributed by atoms with van der Waals surface area (Å²) in [4.78, 5) is 46.2. The van der Waals surface area contributed by atoms with E-state index in [4.69, 9.17) is 0 Å². The van der Waals surface area contributed by atoms with Crippen LogP contribution in [0.1, 0.15) is 71.7 Å². The Kier molecular flexibility index (Phi) is 9.13. The molecule has 0 saturated carbocycles. The number of thiazole rings is 1. The third-order valence-corrected chi connectivity index (χ3v) is 7.56. The minimum absolute atomic E-state index is 0.0621. The van der Waals surface area contributed by atoms with Gasteiger partial charge in [0.1, 0.15) is 12.1 Å². The first-order chi connectivity index (χ1) is 17.3. The Hall–Kier alpha value is -2.78. The zero-order valence-corrected chi connectivity index (χ0v) is 23.7. The standard InChI is InChI=1S/C28H40N4O4S/c1-16(2)24(31-23(34)13-28(5,6)7)27(36)32-14-21(33)12-22(32)26(35)30-17(3)19-8-10-20(11-9-19)25-18(4)29-15-37-25/h8-11,15-17,21-22,24,33H,12-14H2,1-7H3,(H,30,35)(H,31,34)/t17-,21+,22-,24-/m0/s1. The quantitative estimate of drug-likeness (QED) is 0.482. The summed E-state index contributed by atoms with van der Waals surface area (Å²) in [5.41, 5.74) is 4.60. The van der Waals surface area contributed by atoms with Crippen molar-refractivity contribution in [2.24, 2.45) is 11.3 Å². The molecule has 0 bridgehead atoms. The van der Waals surface area contributed by atoms with Crippen LogP contribution in [0.2, 0.25) is 0 Å². The molecule has 2 aromatic rings. The van der Waals surface area contributed by atoms with Gasteiger partial charge >= 0.3 is 0 Å². The maximum absolute atomic E-state index is 13.5. The van der Waals surface area contributed by atoms with Crippen LogP contribution in [0.25, 0.3) is 10.4 Å². The number of aryl methyl sites for hydroxylation is 1. The summed E-state index contributed by atoms with van der Waals surface area (Å²) in [6.45, 7) is 13.5. The maximum Gasteiger partial charge on any atom is 0.246 e. The van der Waals surface area contributed by atoms with Crippen LogP contribution >= 0.6 is 11.3 Å². The van der Waals surface area contributed by atoms with Crippen molar-refractivity contribution >= 4 is 29.1 Å². The summed E-state index contributed by atoms with van der Waals surface area (Å²) in [5.74, 6) is -1.03. The Morgan fingerprint density at radius 1 is 1.14 bits per heavy atom. The first-order valence-corrected chi connectivity index (χ1v) is 13.7. The van der Waals surface area contributed by atoms with Crippen LogP contribution in [0.4, 0.5) is 0 Å². The number of aliphatic hydroxyl groups excluding tert-OH is 1. The van der Waals surface area contributed by atoms with Gasteiger partial charge in [-0.1, -0.05) is 58.9 Å². The Morgan fingerprint density at radius 2 is 1.78 bits per heavy atom. The second-order valence-electron chi connectivity index (χ2n) is 11.5. The number of carbonyl (C=O) groups is 3. The highest BCUT2D eigenvalue weighted by atomic mass is 32.1. The molecule has 3 N–H and O–H groups in total. The SMILES string of the molecule is Cc1ncsc1-c1ccc([C@H](C)NC(=O)[C@@H]2C[C@@H](O)CN2C(=O)[C@@H](NC(=O)CC(C)(C)C)C(C)C)cc1. The molecule has 1 aliphatic rings. The zero-order chi connectivity index (χ0) is 27.5. The summed E-state index contributed by atoms with van der Waals surface area (Å²) in [7, 11) is 0. The van der Waals surface area contributed by atoms with E-state index in [0.29, 0.717) is 0 Å². The van der Waals surface area contributed by atoms with Crippen LogP contribution in [0, 0.1) is 18.3 Å². The third-order valence-electron chi connectivity index (χ3n) is 6.58. The van der Waals surface area contributed by atoms with E-state index in [1.165, 1.54) is 4.90 Å². The van der Waals surface area contributed by atoms with Crippen molar-refractivity contribution in [3.05, 3.63) is 41.0 Å². The third kappa shape index (κ3) is 7.38. The molecule has 0 radical (unpaired) electrons. The number of hydrogen-bond donors (Lipinski definition) is 3. The van der Waals surface area contributed by atoms with Crippen molar-refractivity contribution in [2.45, 2.75) is 85.5 Å². The number of hydrogen-bond acceptors (Lipinski definition) is 6. The van der Waals surface area contributed by atoms with E-state index < -0.39 is 18.2 Å². The van der Waals surface area contributed by atoms with E-state index in [-0.39, 0.29) is 54.5 Å². The molecule has 1 aromatic carbocycles. The fraction of sp³-hybridized carbons (Fsp3) is 0.571. The van der Waals surface area contributed by atoms with Gasteiger partial charge in [-0.25, -0.2) is 4.98 Å². The van der Waals surface area contributed by atoms with Gasteiger partial charge in [-0.2, -0.15) is 0 Å². The number of aliphatic hydroxyl groups is 1. The van der Waals surface area contributed by atoms with Crippen molar-refractivity contribution in [3.63, 3.8) is 0 Å². The van der Waals surface area contributed by atoms with E-state index >= 15 is 0 Å². The first kappa shape index (κ1) is 28.8. The molecule has 0 unspecified atom stereocenters. The van der Waals surface area contributed by atoms with Crippen molar-refractivity contribution in [3.8, 4) is 10.4 Å². The van der Waals surface area contributed by atoms with Crippen LogP contribution in [0.3, 0.4) is 0 Å². The van der Waals surface area contributed by atoms with E-state index in [9.17, 15) is 19.5 Å². The number of nitrogens with zero attached hydrogens (tertiary/aromatic N) is 2. The number of carbonyl (C=O) groups excluding carboxylic acids is 3. The van der Waals surface area contributed by atoms with Gasteiger partial charge in [-0.15, -0.1) is 11.3 Å². The highest BCUT2D eigenvalue weighted by Crippen LogP contribution is 2.29. The molecule has 4 atom stereocenters. The van der Waals surface area contributed by atoms with Gasteiger partial charge < -0.3 is 20.6 Å². The molecular formula is C28H40N4O4S. The lowest BCUT2D eigenvalue weighted by molar-refractivity contribution is -0.142. The van der Waals surface area contributed by atoms with Crippen LogP contribution in [-0.4, -0.2) is 57.4 Å². The molecule has 2 heterocycles. The lowest BCUT2D eigenvalue weighted by Gasteiger charge is -2.31. The Balaban J connectivity index is 1.69. The molecule has 3 amide bonds. The van der Waals surface area contributed by atoms with Gasteiger partial charge in [0, 0.05) is 19.4 Å². The van der Waals surface area contributed by atoms with Crippen molar-refractivity contribution in [1.82, 2.24) is 20.5 Å². The normalized spacial score (nSPS) is 19.5. The van der Waals surface area contributed by atoms with Crippen molar-refractivity contribution in [1.29, 1.82) is 0 Å². The minimum Gasteiger partial charge on any atom is -0.391 e. The van der Waals surface area contributed by atoms with Gasteiger partial charge in [0.2, 0.25) is 17.7 Å². The number of nitrogens with one attached hydrogen (secondary N) is 2. The predicted molar refractivity (Wildman–Crippen MR) is 146 cm³/mol. The Labute approximate surface area is 223 Å². The lowest BCUT2D eigenvalue weighted by Crippen LogP contribution is -2.55. The second-order valence-corrected chi connectivity index (χ2v) is 12.4. The molecule has 1 fully saturated rings. The molecule has 8 nitrogen and oxygen atoms in total. The van der Waals surface area contributed by atoms with Crippen molar-refractivity contribution in [2.75, 3.05) is 6.54 Å². The zero-order valence-electron chi connectivity index (χ0n) is 22.9. The molecule has 1 aromatic heterocycles. The number of amides is 3. The summed E-state index contributed by atoms with van der Waals surface area (Å²) in [6.07, 6.45) is -0.348. The molecule has 3 rings (SSSR count). The molecular weight excluding hydrogens is 488 g/mol. The minimum atomic E-state index is -0.801. The number of rotatable bonds is 8. The lowest BCUT2D eigenvalue weighted by atomic mass is 9.91. The van der Waals surface area contributed by atoms with Crippen LogP contribution in [0.5, 0.6) is 0 Å². The van der Waals surface area contributed by atoms with Gasteiger partial charge in [0.05, 0.1) is 28.2 Å². The fourth-order valence-corrected chi connectivity index (χ4v) is 5.41. The highest BCUT2D eigenvalue weighted by Gasteiger charge is 2.42. The largest absolute Gasteiger partial charge is 0.391 e. The average Bonchev–Trinajstić information content (AvgIpc) is 3.41. The monoisotopic (exact) mass is 528 g/mol. The Bertz CT molecular complexity index is 1110. The summed E-state index contributed by atoms with van der Waals surface area (Å²) in [5, 5.41) is 16.2. The van der Waals surface area contributed by atoms with Crippen molar-refractivity contribution < 1.29 is 19.5 Å². The van der Waals surface area contributed by atoms with Crippen LogP contribution in [-0.2, 0) is 14.4 Å². The van der Waals surface area contributed by atoms with Gasteiger partial charge in [-0.3, -0.25) is 14.4 Å². The molecule has 0 aliphatic carbocycles. The number of benzene rings is 1. The topological polar surface area (TPSA) is 112 Å². The number of aromatic nitrogens is 1. The van der Waals surface area contributed by atoms with E-state index in [2.05, 4.69) is 15.6 Å². The molecule has 202 valence electrons. The molecule has 1 saturated heterocycles. The first-order valence-electron chi connectivity index (χ1n) is 12.9. The van der Waals surface area contributed by atoms with Crippen LogP contribution in [0.15, 0.2) is 29.8 Å². The number of likely N-dealkylation sites (tertiary alicyclic amines) is 1. The van der Waals surface area contributed by atoms with Gasteiger partial charge in [0.15, 0.2) is 0 Å². The molecule has 1 aliphatic heterocycles. The summed E-state index contributed by atoms with van der Waals surface area (Å²) >= 11 is 1.59. The fourth-order valence-electron chi connectivity index (χ4n) is 4.60. The predicted octanol–water partition coefficient (Wildman–Crippen LogP) is 3.83. The van der Waals surface area contributed by atoms with Gasteiger partial charge in [-0.05, 0) is 36.3 Å². The average molecular weight is 529 g/mol. The van der Waals surface area contributed by atoms with Crippen LogP contribution < -0.4 is 10.6 Å². The van der Waals surface area contributed by atoms with E-state index in [1.54, 1.807) is 11.3 Å². The maximum atomic E-state index is 13.5. The molecule has 9 heteroatoms. The smallest absolute Gasteiger partial charge is 0.246 e. The summed E-state index contributed by atoms with van der Waals surface area (Å²) < 4.78 is 0. The van der Waals surface area contributed by atoms with E-state index in [0.717, 1.165) is 21.7 Å². The molecule has 37 heavy (non-hydrogen) atoms. The summed E-state index contributed by atoms with van der Waals surface area (Å²) in [6, 6.07) is 6.13. The Morgan fingerprint density at radius 3 is 2.32 bits per heavy atom. The molecule has 0 spiro atoms. The number of β-amino-alcohol motifs (C(OH)–C–C–N with tert-alkyl or cyclic N) is 1. The highest BCUT2D eigenvalue weighted by molar-refractivity contribution is 7.13. The van der Waals surface area contributed by atoms with Gasteiger partial charge in [0.25, 0.3) is 0 Å².